The summed E-state index contributed by atoms with van der Waals surface area (Å²) >= 11 is 0. The average Bonchev–Trinajstić information content (AvgIpc) is 2.96. The molecule has 0 saturated heterocycles. The van der Waals surface area contributed by atoms with E-state index < -0.39 is 0 Å². The lowest BCUT2D eigenvalue weighted by Crippen LogP contribution is -2.39. The molecular formula is C25H37N3O. The average molecular weight is 396 g/mol. The summed E-state index contributed by atoms with van der Waals surface area (Å²) in [6.07, 6.45) is 6.73. The van der Waals surface area contributed by atoms with Gasteiger partial charge in [0.25, 0.3) is 5.91 Å². The van der Waals surface area contributed by atoms with Crippen LogP contribution in [0.4, 0.5) is 0 Å². The molecule has 0 spiro atoms. The van der Waals surface area contributed by atoms with Gasteiger partial charge in [0.1, 0.15) is 0 Å². The van der Waals surface area contributed by atoms with Gasteiger partial charge in [0, 0.05) is 17.3 Å². The number of nitrogens with zero attached hydrogens (tertiary/aromatic N) is 2. The van der Waals surface area contributed by atoms with Gasteiger partial charge in [0.05, 0.1) is 11.4 Å². The van der Waals surface area contributed by atoms with Gasteiger partial charge in [-0.15, -0.1) is 0 Å². The third kappa shape index (κ3) is 4.91. The topological polar surface area (TPSA) is 46.9 Å². The first-order chi connectivity index (χ1) is 13.7. The molecule has 1 aliphatic carbocycles. The molecule has 1 amide bonds. The molecule has 1 aromatic heterocycles. The van der Waals surface area contributed by atoms with Gasteiger partial charge in [0.15, 0.2) is 0 Å². The van der Waals surface area contributed by atoms with E-state index in [4.69, 9.17) is 5.10 Å². The van der Waals surface area contributed by atoms with Crippen LogP contribution in [0.5, 0.6) is 0 Å². The van der Waals surface area contributed by atoms with E-state index in [1.165, 1.54) is 24.1 Å². The largest absolute Gasteiger partial charge is 0.349 e. The second-order valence-electron chi connectivity index (χ2n) is 9.75. The van der Waals surface area contributed by atoms with Gasteiger partial charge in [-0.3, -0.25) is 4.79 Å². The van der Waals surface area contributed by atoms with Crippen molar-refractivity contribution in [3.05, 3.63) is 46.8 Å². The van der Waals surface area contributed by atoms with Crippen LogP contribution in [-0.2, 0) is 6.42 Å². The maximum absolute atomic E-state index is 12.7. The Morgan fingerprint density at radius 2 is 1.72 bits per heavy atom. The molecule has 0 unspecified atom stereocenters. The lowest BCUT2D eigenvalue weighted by Gasteiger charge is -2.37. The fraction of sp³-hybridized carbons (Fsp3) is 0.600. The molecule has 3 rings (SSSR count). The van der Waals surface area contributed by atoms with E-state index in [0.29, 0.717) is 11.5 Å². The number of hydrogen-bond donors (Lipinski definition) is 1. The number of rotatable bonds is 5. The molecule has 1 saturated carbocycles. The number of aromatic nitrogens is 2. The molecule has 0 radical (unpaired) electrons. The Kier molecular flexibility index (Phi) is 6.50. The number of benzene rings is 1. The second kappa shape index (κ2) is 8.73. The molecule has 1 aliphatic rings. The maximum Gasteiger partial charge on any atom is 0.251 e. The third-order valence-corrected chi connectivity index (χ3v) is 6.60. The molecule has 0 atom stereocenters. The molecule has 158 valence electrons. The Bertz CT molecular complexity index is 834. The van der Waals surface area contributed by atoms with Gasteiger partial charge in [0.2, 0.25) is 0 Å². The quantitative estimate of drug-likeness (QED) is 0.698. The summed E-state index contributed by atoms with van der Waals surface area (Å²) in [6.45, 7) is 13.4. The number of carbonyl (C=O) groups excluding carboxylic acids is 1. The zero-order valence-corrected chi connectivity index (χ0v) is 19.0. The van der Waals surface area contributed by atoms with Crippen molar-refractivity contribution in [2.75, 3.05) is 0 Å². The van der Waals surface area contributed by atoms with Crippen molar-refractivity contribution in [2.45, 2.75) is 86.1 Å². The number of carbonyl (C=O) groups is 1. The molecule has 1 fully saturated rings. The molecule has 29 heavy (non-hydrogen) atoms. The minimum atomic E-state index is 0.0378. The van der Waals surface area contributed by atoms with Crippen molar-refractivity contribution in [1.29, 1.82) is 0 Å². The third-order valence-electron chi connectivity index (χ3n) is 6.60. The van der Waals surface area contributed by atoms with E-state index in [1.54, 1.807) is 0 Å². The Hall–Kier alpha value is -2.10. The van der Waals surface area contributed by atoms with Gasteiger partial charge in [-0.2, -0.15) is 5.10 Å². The van der Waals surface area contributed by atoms with Gasteiger partial charge in [-0.1, -0.05) is 34.1 Å². The Labute approximate surface area is 176 Å². The van der Waals surface area contributed by atoms with Gasteiger partial charge in [-0.25, -0.2) is 4.68 Å². The fourth-order valence-corrected chi connectivity index (χ4v) is 4.66. The predicted molar refractivity (Wildman–Crippen MR) is 120 cm³/mol. The van der Waals surface area contributed by atoms with E-state index in [2.05, 4.69) is 46.9 Å². The highest BCUT2D eigenvalue weighted by molar-refractivity contribution is 5.94. The summed E-state index contributed by atoms with van der Waals surface area (Å²) in [5, 5.41) is 7.96. The summed E-state index contributed by atoms with van der Waals surface area (Å²) < 4.78 is 2.00. The molecule has 4 heteroatoms. The van der Waals surface area contributed by atoms with Crippen molar-refractivity contribution >= 4 is 5.91 Å². The van der Waals surface area contributed by atoms with Crippen LogP contribution in [0.15, 0.2) is 24.3 Å². The Morgan fingerprint density at radius 3 is 2.28 bits per heavy atom. The summed E-state index contributed by atoms with van der Waals surface area (Å²) in [6, 6.07) is 8.14. The van der Waals surface area contributed by atoms with E-state index in [-0.39, 0.29) is 5.91 Å². The minimum absolute atomic E-state index is 0.0378. The van der Waals surface area contributed by atoms with E-state index in [9.17, 15) is 4.79 Å². The highest BCUT2D eigenvalue weighted by atomic mass is 16.1. The predicted octanol–water partition coefficient (Wildman–Crippen LogP) is 5.78. The number of nitrogens with one attached hydrogen (secondary N) is 1. The van der Waals surface area contributed by atoms with Crippen molar-refractivity contribution in [2.24, 2.45) is 11.3 Å². The van der Waals surface area contributed by atoms with Crippen LogP contribution in [0, 0.1) is 25.2 Å². The molecule has 0 bridgehead atoms. The Morgan fingerprint density at radius 1 is 1.10 bits per heavy atom. The molecule has 1 aromatic carbocycles. The molecular weight excluding hydrogens is 358 g/mol. The molecule has 1 N–H and O–H groups in total. The van der Waals surface area contributed by atoms with Gasteiger partial charge >= 0.3 is 0 Å². The fourth-order valence-electron chi connectivity index (χ4n) is 4.66. The standard InChI is InChI=1S/C25H37N3O/c1-7-8-23-17(2)27-28(18(23)3)22-15-9-19(10-16-22)24(29)26-21-13-11-20(12-14-21)25(4,5)6/h9-10,15-16,20-21H,7-8,11-14H2,1-6H3,(H,26,29). The van der Waals surface area contributed by atoms with Crippen LogP contribution in [0.2, 0.25) is 0 Å². The van der Waals surface area contributed by atoms with Crippen molar-refractivity contribution < 1.29 is 4.79 Å². The zero-order valence-electron chi connectivity index (χ0n) is 19.0. The Balaban J connectivity index is 1.64. The van der Waals surface area contributed by atoms with Gasteiger partial charge < -0.3 is 5.32 Å². The smallest absolute Gasteiger partial charge is 0.251 e. The minimum Gasteiger partial charge on any atom is -0.349 e. The second-order valence-corrected chi connectivity index (χ2v) is 9.75. The number of hydrogen-bond acceptors (Lipinski definition) is 2. The van der Waals surface area contributed by atoms with Crippen LogP contribution >= 0.6 is 0 Å². The summed E-state index contributed by atoms with van der Waals surface area (Å²) in [4.78, 5) is 12.7. The van der Waals surface area contributed by atoms with E-state index >= 15 is 0 Å². The maximum atomic E-state index is 12.7. The molecule has 1 heterocycles. The van der Waals surface area contributed by atoms with Crippen LogP contribution in [0.3, 0.4) is 0 Å². The SMILES string of the molecule is CCCc1c(C)nn(-c2ccc(C(=O)NC3CCC(C(C)(C)C)CC3)cc2)c1C. The van der Waals surface area contributed by atoms with E-state index in [0.717, 1.165) is 48.5 Å². The van der Waals surface area contributed by atoms with Crippen LogP contribution < -0.4 is 5.32 Å². The number of aryl methyl sites for hydroxylation is 1. The normalized spacial score (nSPS) is 19.9. The summed E-state index contributed by atoms with van der Waals surface area (Å²) in [7, 11) is 0. The van der Waals surface area contributed by atoms with Crippen molar-refractivity contribution in [3.63, 3.8) is 0 Å². The first-order valence-electron chi connectivity index (χ1n) is 11.2. The molecule has 0 aliphatic heterocycles. The monoisotopic (exact) mass is 395 g/mol. The molecule has 4 nitrogen and oxygen atoms in total. The lowest BCUT2D eigenvalue weighted by atomic mass is 9.71. The van der Waals surface area contributed by atoms with Crippen LogP contribution in [0.25, 0.3) is 5.69 Å². The lowest BCUT2D eigenvalue weighted by molar-refractivity contribution is 0.0904. The van der Waals surface area contributed by atoms with Crippen LogP contribution in [0.1, 0.15) is 87.1 Å². The molecule has 2 aromatic rings. The highest BCUT2D eigenvalue weighted by Crippen LogP contribution is 2.37. The number of amides is 1. The summed E-state index contributed by atoms with van der Waals surface area (Å²) in [5.41, 5.74) is 5.72. The highest BCUT2D eigenvalue weighted by Gasteiger charge is 2.30. The van der Waals surface area contributed by atoms with Gasteiger partial charge in [-0.05, 0) is 87.1 Å². The first-order valence-corrected chi connectivity index (χ1v) is 11.2. The van der Waals surface area contributed by atoms with Crippen molar-refractivity contribution in [3.8, 4) is 5.69 Å². The first kappa shape index (κ1) is 21.6. The van der Waals surface area contributed by atoms with Crippen molar-refractivity contribution in [1.82, 2.24) is 15.1 Å². The van der Waals surface area contributed by atoms with E-state index in [1.807, 2.05) is 28.9 Å². The zero-order chi connectivity index (χ0) is 21.2. The summed E-state index contributed by atoms with van der Waals surface area (Å²) in [5.74, 6) is 0.795. The van der Waals surface area contributed by atoms with Crippen LogP contribution in [-0.4, -0.2) is 21.7 Å².